The van der Waals surface area contributed by atoms with E-state index in [1.165, 1.54) is 0 Å². The Morgan fingerprint density at radius 1 is 1.15 bits per heavy atom. The van der Waals surface area contributed by atoms with Gasteiger partial charge in [0, 0.05) is 43.5 Å². The van der Waals surface area contributed by atoms with E-state index in [2.05, 4.69) is 15.4 Å². The first kappa shape index (κ1) is 18.4. The summed E-state index contributed by atoms with van der Waals surface area (Å²) < 4.78 is 12.2. The largest absolute Gasteiger partial charge is 0.497 e. The van der Waals surface area contributed by atoms with E-state index in [1.54, 1.807) is 44.3 Å². The lowest BCUT2D eigenvalue weighted by molar-refractivity contribution is 0.0944. The number of hydrogen-bond donors (Lipinski definition) is 1. The molecule has 27 heavy (non-hydrogen) atoms. The summed E-state index contributed by atoms with van der Waals surface area (Å²) in [5.41, 5.74) is 2.86. The predicted molar refractivity (Wildman–Crippen MR) is 102 cm³/mol. The van der Waals surface area contributed by atoms with Crippen molar-refractivity contribution >= 4 is 5.91 Å². The van der Waals surface area contributed by atoms with Crippen molar-refractivity contribution in [3.63, 3.8) is 0 Å². The summed E-state index contributed by atoms with van der Waals surface area (Å²) in [6.07, 6.45) is 2.41. The fourth-order valence-corrected chi connectivity index (χ4v) is 2.76. The van der Waals surface area contributed by atoms with E-state index in [1.807, 2.05) is 30.3 Å². The van der Waals surface area contributed by atoms with Crippen LogP contribution in [0.25, 0.3) is 11.3 Å². The van der Waals surface area contributed by atoms with Gasteiger partial charge in [-0.2, -0.15) is 5.10 Å². The molecular weight excluding hydrogens is 344 g/mol. The Labute approximate surface area is 158 Å². The molecule has 0 saturated heterocycles. The third kappa shape index (κ3) is 4.25. The molecule has 0 bridgehead atoms. The molecule has 0 saturated carbocycles. The van der Waals surface area contributed by atoms with Gasteiger partial charge < -0.3 is 14.8 Å². The fraction of sp³-hybridized carbons (Fsp3) is 0.250. The van der Waals surface area contributed by atoms with Crippen molar-refractivity contribution < 1.29 is 14.3 Å². The lowest BCUT2D eigenvalue weighted by Crippen LogP contribution is -2.27. The molecule has 1 amide bonds. The second-order valence-corrected chi connectivity index (χ2v) is 5.93. The molecule has 2 heterocycles. The number of carbonyl (C=O) groups is 1. The van der Waals surface area contributed by atoms with Crippen molar-refractivity contribution in [3.8, 4) is 22.8 Å². The molecule has 1 N–H and O–H groups in total. The van der Waals surface area contributed by atoms with Crippen LogP contribution >= 0.6 is 0 Å². The van der Waals surface area contributed by atoms with E-state index in [9.17, 15) is 4.79 Å². The maximum Gasteiger partial charge on any atom is 0.269 e. The number of amides is 1. The second kappa shape index (κ2) is 8.35. The van der Waals surface area contributed by atoms with Crippen LogP contribution in [0.5, 0.6) is 11.5 Å². The highest BCUT2D eigenvalue weighted by Crippen LogP contribution is 2.32. The molecule has 0 aliphatic rings. The van der Waals surface area contributed by atoms with Crippen LogP contribution in [0.4, 0.5) is 0 Å². The first-order valence-electron chi connectivity index (χ1n) is 8.57. The third-order valence-electron chi connectivity index (χ3n) is 4.19. The lowest BCUT2D eigenvalue weighted by atomic mass is 10.1. The van der Waals surface area contributed by atoms with E-state index < -0.39 is 0 Å². The number of aryl methyl sites for hydroxylation is 1. The Bertz CT molecular complexity index is 922. The van der Waals surface area contributed by atoms with Crippen LogP contribution in [0.1, 0.15) is 16.2 Å². The molecule has 0 radical (unpaired) electrons. The quantitative estimate of drug-likeness (QED) is 0.695. The van der Waals surface area contributed by atoms with Gasteiger partial charge in [0.2, 0.25) is 0 Å². The van der Waals surface area contributed by atoms with Crippen molar-refractivity contribution in [2.75, 3.05) is 20.8 Å². The number of benzene rings is 1. The van der Waals surface area contributed by atoms with Gasteiger partial charge in [0.25, 0.3) is 5.91 Å². The minimum Gasteiger partial charge on any atom is -0.497 e. The number of aromatic nitrogens is 3. The number of nitrogens with one attached hydrogen (secondary N) is 1. The van der Waals surface area contributed by atoms with Crippen LogP contribution in [0, 0.1) is 0 Å². The SMILES string of the molecule is COc1ccc(-c2cc(C(=O)NCCc3ccccn3)n(C)n2)c(OC)c1. The normalized spacial score (nSPS) is 10.5. The average Bonchev–Trinajstić information content (AvgIpc) is 3.09. The van der Waals surface area contributed by atoms with E-state index in [0.29, 0.717) is 35.9 Å². The molecule has 0 fully saturated rings. The summed E-state index contributed by atoms with van der Waals surface area (Å²) in [6, 6.07) is 13.0. The standard InChI is InChI=1S/C20H22N4O3/c1-24-18(20(25)22-11-9-14-6-4-5-10-21-14)13-17(23-24)16-8-7-15(26-2)12-19(16)27-3/h4-8,10,12-13H,9,11H2,1-3H3,(H,22,25). The van der Waals surface area contributed by atoms with Gasteiger partial charge in [-0.25, -0.2) is 0 Å². The fourth-order valence-electron chi connectivity index (χ4n) is 2.76. The zero-order valence-electron chi connectivity index (χ0n) is 15.6. The number of carbonyl (C=O) groups excluding carboxylic acids is 1. The van der Waals surface area contributed by atoms with Crippen molar-refractivity contribution in [2.24, 2.45) is 7.05 Å². The molecule has 1 aromatic carbocycles. The number of methoxy groups -OCH3 is 2. The lowest BCUT2D eigenvalue weighted by Gasteiger charge is -2.08. The minimum atomic E-state index is -0.181. The molecule has 2 aromatic heterocycles. The summed E-state index contributed by atoms with van der Waals surface area (Å²) in [5.74, 6) is 1.15. The summed E-state index contributed by atoms with van der Waals surface area (Å²) >= 11 is 0. The van der Waals surface area contributed by atoms with Crippen molar-refractivity contribution in [1.29, 1.82) is 0 Å². The third-order valence-corrected chi connectivity index (χ3v) is 4.19. The molecule has 140 valence electrons. The number of rotatable bonds is 7. The molecule has 0 aliphatic heterocycles. The highest BCUT2D eigenvalue weighted by Gasteiger charge is 2.17. The highest BCUT2D eigenvalue weighted by molar-refractivity contribution is 5.93. The predicted octanol–water partition coefficient (Wildman–Crippen LogP) is 2.47. The van der Waals surface area contributed by atoms with Crippen molar-refractivity contribution in [2.45, 2.75) is 6.42 Å². The average molecular weight is 366 g/mol. The maximum atomic E-state index is 12.5. The monoisotopic (exact) mass is 366 g/mol. The number of hydrogen-bond acceptors (Lipinski definition) is 5. The zero-order chi connectivity index (χ0) is 19.2. The van der Waals surface area contributed by atoms with Crippen LogP contribution in [-0.2, 0) is 13.5 Å². The van der Waals surface area contributed by atoms with Gasteiger partial charge in [0.15, 0.2) is 0 Å². The molecule has 7 heteroatoms. The molecule has 3 rings (SSSR count). The Hall–Kier alpha value is -3.35. The first-order chi connectivity index (χ1) is 13.1. The Balaban J connectivity index is 1.73. The van der Waals surface area contributed by atoms with Gasteiger partial charge in [0.1, 0.15) is 17.2 Å². The van der Waals surface area contributed by atoms with E-state index in [0.717, 1.165) is 11.3 Å². The van der Waals surface area contributed by atoms with Crippen LogP contribution in [0.3, 0.4) is 0 Å². The molecule has 7 nitrogen and oxygen atoms in total. The first-order valence-corrected chi connectivity index (χ1v) is 8.57. The smallest absolute Gasteiger partial charge is 0.269 e. The van der Waals surface area contributed by atoms with Crippen molar-refractivity contribution in [1.82, 2.24) is 20.1 Å². The second-order valence-electron chi connectivity index (χ2n) is 5.93. The van der Waals surface area contributed by atoms with Gasteiger partial charge in [0.05, 0.1) is 19.9 Å². The summed E-state index contributed by atoms with van der Waals surface area (Å²) in [4.78, 5) is 16.8. The summed E-state index contributed by atoms with van der Waals surface area (Å²) in [7, 11) is 4.93. The van der Waals surface area contributed by atoms with E-state index >= 15 is 0 Å². The Morgan fingerprint density at radius 2 is 2.00 bits per heavy atom. The minimum absolute atomic E-state index is 0.181. The van der Waals surface area contributed by atoms with Gasteiger partial charge in [-0.15, -0.1) is 0 Å². The number of pyridine rings is 1. The molecule has 0 atom stereocenters. The van der Waals surface area contributed by atoms with Gasteiger partial charge in [-0.3, -0.25) is 14.5 Å². The summed E-state index contributed by atoms with van der Waals surface area (Å²) in [5, 5.41) is 7.36. The van der Waals surface area contributed by atoms with Gasteiger partial charge in [-0.05, 0) is 30.3 Å². The molecule has 0 aliphatic carbocycles. The van der Waals surface area contributed by atoms with Crippen LogP contribution in [0.15, 0.2) is 48.7 Å². The van der Waals surface area contributed by atoms with Crippen LogP contribution in [-0.4, -0.2) is 41.4 Å². The molecular formula is C20H22N4O3. The number of ether oxygens (including phenoxy) is 2. The van der Waals surface area contributed by atoms with Crippen molar-refractivity contribution in [3.05, 3.63) is 60.0 Å². The molecule has 3 aromatic rings. The Morgan fingerprint density at radius 3 is 2.70 bits per heavy atom. The summed E-state index contributed by atoms with van der Waals surface area (Å²) in [6.45, 7) is 0.502. The van der Waals surface area contributed by atoms with E-state index in [-0.39, 0.29) is 5.91 Å². The zero-order valence-corrected chi connectivity index (χ0v) is 15.6. The van der Waals surface area contributed by atoms with Gasteiger partial charge in [-0.1, -0.05) is 6.07 Å². The molecule has 0 spiro atoms. The Kier molecular flexibility index (Phi) is 5.71. The molecule has 0 unspecified atom stereocenters. The van der Waals surface area contributed by atoms with Crippen LogP contribution < -0.4 is 14.8 Å². The topological polar surface area (TPSA) is 78.3 Å². The maximum absolute atomic E-state index is 12.5. The number of nitrogens with zero attached hydrogens (tertiary/aromatic N) is 3. The van der Waals surface area contributed by atoms with E-state index in [4.69, 9.17) is 9.47 Å². The van der Waals surface area contributed by atoms with Gasteiger partial charge >= 0.3 is 0 Å². The highest BCUT2D eigenvalue weighted by atomic mass is 16.5. The van der Waals surface area contributed by atoms with Crippen LogP contribution in [0.2, 0.25) is 0 Å².